The van der Waals surface area contributed by atoms with Gasteiger partial charge in [0.05, 0.1) is 16.8 Å². The zero-order valence-electron chi connectivity index (χ0n) is 12.6. The summed E-state index contributed by atoms with van der Waals surface area (Å²) in [6.07, 6.45) is 3.96. The van der Waals surface area contributed by atoms with Gasteiger partial charge in [-0.05, 0) is 39.0 Å². The molecule has 0 aliphatic carbocycles. The van der Waals surface area contributed by atoms with Gasteiger partial charge in [0.25, 0.3) is 0 Å². The van der Waals surface area contributed by atoms with E-state index < -0.39 is 0 Å². The van der Waals surface area contributed by atoms with Gasteiger partial charge in [-0.3, -0.25) is 4.98 Å². The lowest BCUT2D eigenvalue weighted by atomic mass is 10.0. The predicted octanol–water partition coefficient (Wildman–Crippen LogP) is 2.64. The van der Waals surface area contributed by atoms with Gasteiger partial charge in [-0.25, -0.2) is 0 Å². The fourth-order valence-electron chi connectivity index (χ4n) is 3.15. The molecule has 0 saturated carbocycles. The van der Waals surface area contributed by atoms with Gasteiger partial charge < -0.3 is 9.80 Å². The van der Waals surface area contributed by atoms with E-state index in [1.54, 1.807) is 6.20 Å². The van der Waals surface area contributed by atoms with E-state index in [0.29, 0.717) is 11.6 Å². The Bertz CT molecular complexity index is 681. The van der Waals surface area contributed by atoms with E-state index in [2.05, 4.69) is 41.0 Å². The van der Waals surface area contributed by atoms with Crippen LogP contribution in [0.2, 0.25) is 0 Å². The van der Waals surface area contributed by atoms with E-state index in [9.17, 15) is 5.26 Å². The Morgan fingerprint density at radius 1 is 1.29 bits per heavy atom. The van der Waals surface area contributed by atoms with Crippen LogP contribution in [0.15, 0.2) is 30.5 Å². The van der Waals surface area contributed by atoms with Crippen molar-refractivity contribution in [1.29, 1.82) is 5.26 Å². The third-order valence-corrected chi connectivity index (χ3v) is 4.46. The Morgan fingerprint density at radius 2 is 2.00 bits per heavy atom. The molecule has 2 aromatic rings. The van der Waals surface area contributed by atoms with Crippen LogP contribution in [-0.2, 0) is 0 Å². The highest BCUT2D eigenvalue weighted by atomic mass is 15.2. The monoisotopic (exact) mass is 280 g/mol. The van der Waals surface area contributed by atoms with Gasteiger partial charge >= 0.3 is 0 Å². The van der Waals surface area contributed by atoms with Crippen LogP contribution in [0.5, 0.6) is 0 Å². The fraction of sp³-hybridized carbons (Fsp3) is 0.412. The number of piperidine rings is 1. The van der Waals surface area contributed by atoms with Crippen molar-refractivity contribution in [2.45, 2.75) is 18.9 Å². The summed E-state index contributed by atoms with van der Waals surface area (Å²) >= 11 is 0. The molecule has 4 heteroatoms. The second kappa shape index (κ2) is 5.71. The molecule has 1 aliphatic rings. The lowest BCUT2D eigenvalue weighted by molar-refractivity contribution is 0.253. The highest BCUT2D eigenvalue weighted by Crippen LogP contribution is 2.31. The smallest absolute Gasteiger partial charge is 0.103 e. The van der Waals surface area contributed by atoms with Gasteiger partial charge in [0.2, 0.25) is 0 Å². The minimum atomic E-state index is 0.485. The third kappa shape index (κ3) is 2.57. The van der Waals surface area contributed by atoms with Gasteiger partial charge in [-0.15, -0.1) is 0 Å². The maximum Gasteiger partial charge on any atom is 0.103 e. The molecule has 2 heterocycles. The summed E-state index contributed by atoms with van der Waals surface area (Å²) in [6.45, 7) is 2.22. The second-order valence-electron chi connectivity index (χ2n) is 5.79. The van der Waals surface area contributed by atoms with Crippen molar-refractivity contribution >= 4 is 16.6 Å². The van der Waals surface area contributed by atoms with Crippen molar-refractivity contribution < 1.29 is 0 Å². The Kier molecular flexibility index (Phi) is 3.76. The molecule has 1 saturated heterocycles. The summed E-state index contributed by atoms with van der Waals surface area (Å²) in [6, 6.07) is 10.8. The first-order chi connectivity index (χ1) is 10.2. The number of fused-ring (bicyclic) bond motifs is 1. The summed E-state index contributed by atoms with van der Waals surface area (Å²) in [7, 11) is 4.28. The first-order valence-electron chi connectivity index (χ1n) is 7.40. The lowest BCUT2D eigenvalue weighted by Gasteiger charge is -2.37. The number of rotatable bonds is 2. The molecule has 1 aliphatic heterocycles. The first kappa shape index (κ1) is 13.8. The minimum absolute atomic E-state index is 0.485. The number of aromatic nitrogens is 1. The number of para-hydroxylation sites is 1. The Morgan fingerprint density at radius 3 is 2.71 bits per heavy atom. The number of hydrogen-bond donors (Lipinski definition) is 0. The zero-order chi connectivity index (χ0) is 14.8. The molecule has 3 rings (SSSR count). The molecule has 0 spiro atoms. The number of hydrogen-bond acceptors (Lipinski definition) is 4. The van der Waals surface area contributed by atoms with Crippen molar-refractivity contribution in [2.24, 2.45) is 0 Å². The lowest BCUT2D eigenvalue weighted by Crippen LogP contribution is -2.42. The number of likely N-dealkylation sites (tertiary alicyclic amines) is 1. The van der Waals surface area contributed by atoms with E-state index >= 15 is 0 Å². The summed E-state index contributed by atoms with van der Waals surface area (Å²) in [5.74, 6) is 0. The molecule has 0 amide bonds. The third-order valence-electron chi connectivity index (χ3n) is 4.46. The van der Waals surface area contributed by atoms with Gasteiger partial charge in [0, 0.05) is 24.7 Å². The number of nitriles is 1. The van der Waals surface area contributed by atoms with Crippen LogP contribution in [0.4, 0.5) is 5.69 Å². The number of benzene rings is 1. The normalized spacial score (nSPS) is 16.8. The van der Waals surface area contributed by atoms with Crippen molar-refractivity contribution in [3.05, 3.63) is 36.0 Å². The Labute approximate surface area is 125 Å². The van der Waals surface area contributed by atoms with Crippen LogP contribution < -0.4 is 4.90 Å². The molecule has 1 fully saturated rings. The molecule has 1 aromatic heterocycles. The van der Waals surface area contributed by atoms with Crippen LogP contribution in [-0.4, -0.2) is 43.1 Å². The van der Waals surface area contributed by atoms with E-state index in [0.717, 1.165) is 42.5 Å². The molecule has 21 heavy (non-hydrogen) atoms. The second-order valence-corrected chi connectivity index (χ2v) is 5.79. The van der Waals surface area contributed by atoms with Gasteiger partial charge in [0.15, 0.2) is 0 Å². The van der Waals surface area contributed by atoms with E-state index in [-0.39, 0.29) is 0 Å². The molecule has 4 nitrogen and oxygen atoms in total. The van der Waals surface area contributed by atoms with Crippen LogP contribution >= 0.6 is 0 Å². The molecule has 0 atom stereocenters. The van der Waals surface area contributed by atoms with Gasteiger partial charge in [-0.1, -0.05) is 18.2 Å². The van der Waals surface area contributed by atoms with Crippen LogP contribution in [0.3, 0.4) is 0 Å². The first-order valence-corrected chi connectivity index (χ1v) is 7.40. The van der Waals surface area contributed by atoms with Gasteiger partial charge in [0.1, 0.15) is 6.07 Å². The standard InChI is InChI=1S/C17H20N4/c1-20-9-7-14(8-10-20)21(2)17-13(11-18)12-19-16-6-4-3-5-15(16)17/h3-6,12,14H,7-10H2,1-2H3. The average molecular weight is 280 g/mol. The van der Waals surface area contributed by atoms with Crippen LogP contribution in [0.25, 0.3) is 10.9 Å². The van der Waals surface area contributed by atoms with Crippen molar-refractivity contribution in [3.8, 4) is 6.07 Å². The largest absolute Gasteiger partial charge is 0.370 e. The Hall–Kier alpha value is -2.12. The van der Waals surface area contributed by atoms with E-state index in [4.69, 9.17) is 0 Å². The molecular weight excluding hydrogens is 260 g/mol. The SMILES string of the molecule is CN1CCC(N(C)c2c(C#N)cnc3ccccc23)CC1. The summed E-state index contributed by atoms with van der Waals surface area (Å²) in [5.41, 5.74) is 2.64. The van der Waals surface area contributed by atoms with Crippen molar-refractivity contribution in [2.75, 3.05) is 32.1 Å². The molecule has 0 radical (unpaired) electrons. The molecule has 0 bridgehead atoms. The number of pyridine rings is 1. The predicted molar refractivity (Wildman–Crippen MR) is 85.4 cm³/mol. The number of nitrogens with zero attached hydrogens (tertiary/aromatic N) is 4. The maximum absolute atomic E-state index is 9.44. The topological polar surface area (TPSA) is 43.2 Å². The highest BCUT2D eigenvalue weighted by Gasteiger charge is 2.23. The van der Waals surface area contributed by atoms with Gasteiger partial charge in [-0.2, -0.15) is 5.26 Å². The molecular formula is C17H20N4. The molecule has 0 unspecified atom stereocenters. The Balaban J connectivity index is 2.04. The number of anilines is 1. The molecule has 0 N–H and O–H groups in total. The molecule has 108 valence electrons. The quantitative estimate of drug-likeness (QED) is 0.848. The van der Waals surface area contributed by atoms with Crippen molar-refractivity contribution in [1.82, 2.24) is 9.88 Å². The van der Waals surface area contributed by atoms with Crippen LogP contribution in [0.1, 0.15) is 18.4 Å². The average Bonchev–Trinajstić information content (AvgIpc) is 2.53. The van der Waals surface area contributed by atoms with E-state index in [1.807, 2.05) is 18.2 Å². The van der Waals surface area contributed by atoms with E-state index in [1.165, 1.54) is 0 Å². The fourth-order valence-corrected chi connectivity index (χ4v) is 3.15. The summed E-state index contributed by atoms with van der Waals surface area (Å²) < 4.78 is 0. The maximum atomic E-state index is 9.44. The minimum Gasteiger partial charge on any atom is -0.370 e. The van der Waals surface area contributed by atoms with Crippen molar-refractivity contribution in [3.63, 3.8) is 0 Å². The highest BCUT2D eigenvalue weighted by molar-refractivity contribution is 5.94. The summed E-state index contributed by atoms with van der Waals surface area (Å²) in [5, 5.41) is 10.5. The van der Waals surface area contributed by atoms with Crippen LogP contribution in [0, 0.1) is 11.3 Å². The zero-order valence-corrected chi connectivity index (χ0v) is 12.6. The molecule has 1 aromatic carbocycles. The summed E-state index contributed by atoms with van der Waals surface area (Å²) in [4.78, 5) is 9.04.